The van der Waals surface area contributed by atoms with Crippen molar-refractivity contribution >= 4 is 17.5 Å². The molecule has 0 spiro atoms. The van der Waals surface area contributed by atoms with Crippen LogP contribution in [0.3, 0.4) is 0 Å². The van der Waals surface area contributed by atoms with E-state index in [1.54, 1.807) is 0 Å². The fourth-order valence-corrected chi connectivity index (χ4v) is 2.94. The Morgan fingerprint density at radius 3 is 2.41 bits per heavy atom. The number of carbonyl (C=O) groups is 2. The molecule has 3 aromatic rings. The molecule has 3 rings (SSSR count). The van der Waals surface area contributed by atoms with Gasteiger partial charge in [0.2, 0.25) is 17.5 Å². The summed E-state index contributed by atoms with van der Waals surface area (Å²) in [6, 6.07) is 6.93. The van der Waals surface area contributed by atoms with Crippen LogP contribution in [0, 0.1) is 18.6 Å². The molecule has 13 heteroatoms. The van der Waals surface area contributed by atoms with E-state index in [1.807, 2.05) is 0 Å². The lowest BCUT2D eigenvalue weighted by Crippen LogP contribution is -2.21. The summed E-state index contributed by atoms with van der Waals surface area (Å²) in [6.07, 6.45) is -4.96. The SMILES string of the molecule is COc1c(Oc2nnc(C(F)(F)F)c(C)c2C(=O)Nc2cccc(C(N)=O)c2)ccc(F)c1F. The van der Waals surface area contributed by atoms with E-state index < -0.39 is 63.8 Å². The second-order valence-corrected chi connectivity index (χ2v) is 6.75. The third-order valence-corrected chi connectivity index (χ3v) is 4.51. The highest BCUT2D eigenvalue weighted by molar-refractivity contribution is 6.07. The summed E-state index contributed by atoms with van der Waals surface area (Å²) >= 11 is 0. The van der Waals surface area contributed by atoms with Gasteiger partial charge in [-0.05, 0) is 42.8 Å². The number of ether oxygens (including phenoxy) is 2. The van der Waals surface area contributed by atoms with E-state index in [2.05, 4.69) is 15.5 Å². The van der Waals surface area contributed by atoms with E-state index in [4.69, 9.17) is 15.2 Å². The Labute approximate surface area is 188 Å². The zero-order valence-corrected chi connectivity index (χ0v) is 17.5. The van der Waals surface area contributed by atoms with Crippen LogP contribution in [-0.2, 0) is 6.18 Å². The molecule has 0 saturated heterocycles. The molecule has 0 radical (unpaired) electrons. The number of rotatable bonds is 6. The second kappa shape index (κ2) is 9.29. The normalized spacial score (nSPS) is 11.1. The Bertz CT molecular complexity index is 1280. The molecule has 0 saturated carbocycles. The summed E-state index contributed by atoms with van der Waals surface area (Å²) in [7, 11) is 1.01. The van der Waals surface area contributed by atoms with Gasteiger partial charge in [0.1, 0.15) is 5.56 Å². The Morgan fingerprint density at radius 2 is 1.79 bits per heavy atom. The monoisotopic (exact) mass is 482 g/mol. The maximum Gasteiger partial charge on any atom is 0.435 e. The molecule has 2 aromatic carbocycles. The highest BCUT2D eigenvalue weighted by atomic mass is 19.4. The summed E-state index contributed by atoms with van der Waals surface area (Å²) in [4.78, 5) is 24.3. The third kappa shape index (κ3) is 4.87. The number of hydrogen-bond acceptors (Lipinski definition) is 6. The van der Waals surface area contributed by atoms with Gasteiger partial charge in [-0.2, -0.15) is 17.6 Å². The van der Waals surface area contributed by atoms with Crippen LogP contribution >= 0.6 is 0 Å². The van der Waals surface area contributed by atoms with Crippen LogP contribution in [0.5, 0.6) is 17.4 Å². The lowest BCUT2D eigenvalue weighted by Gasteiger charge is -2.17. The van der Waals surface area contributed by atoms with Crippen molar-refractivity contribution in [3.8, 4) is 17.4 Å². The zero-order valence-electron chi connectivity index (χ0n) is 17.5. The van der Waals surface area contributed by atoms with Crippen molar-refractivity contribution in [3.63, 3.8) is 0 Å². The number of benzene rings is 2. The fourth-order valence-electron chi connectivity index (χ4n) is 2.94. The number of nitrogens with zero attached hydrogens (tertiary/aromatic N) is 2. The summed E-state index contributed by atoms with van der Waals surface area (Å²) in [5.74, 6) is -6.53. The Hall–Kier alpha value is -4.29. The lowest BCUT2D eigenvalue weighted by atomic mass is 10.1. The first kappa shape index (κ1) is 24.4. The van der Waals surface area contributed by atoms with Gasteiger partial charge in [-0.25, -0.2) is 4.39 Å². The van der Waals surface area contributed by atoms with Crippen LogP contribution in [0.25, 0.3) is 0 Å². The first-order valence-electron chi connectivity index (χ1n) is 9.29. The van der Waals surface area contributed by atoms with E-state index in [-0.39, 0.29) is 11.3 Å². The van der Waals surface area contributed by atoms with E-state index >= 15 is 0 Å². The Kier molecular flexibility index (Phi) is 6.66. The third-order valence-electron chi connectivity index (χ3n) is 4.51. The number of halogens is 5. The number of amides is 2. The van der Waals surface area contributed by atoms with Gasteiger partial charge in [0, 0.05) is 11.3 Å². The summed E-state index contributed by atoms with van der Waals surface area (Å²) in [6.45, 7) is 0.960. The van der Waals surface area contributed by atoms with Crippen LogP contribution in [-0.4, -0.2) is 29.1 Å². The molecule has 1 heterocycles. The molecule has 3 N–H and O–H groups in total. The van der Waals surface area contributed by atoms with Crippen molar-refractivity contribution in [2.75, 3.05) is 12.4 Å². The van der Waals surface area contributed by atoms with Crippen LogP contribution in [0.4, 0.5) is 27.6 Å². The number of carbonyl (C=O) groups excluding carboxylic acids is 2. The van der Waals surface area contributed by atoms with Crippen molar-refractivity contribution < 1.29 is 41.0 Å². The standard InChI is InChI=1S/C21H15F5N4O4/c1-9-14(19(32)28-11-5-3-4-10(8-11)18(27)31)20(30-29-17(9)21(24,25)26)34-13-7-6-12(22)15(23)16(13)33-2/h3-8H,1-2H3,(H2,27,31)(H,28,32). The molecule has 2 amide bonds. The van der Waals surface area contributed by atoms with Gasteiger partial charge < -0.3 is 20.5 Å². The van der Waals surface area contributed by atoms with Crippen LogP contribution in [0.1, 0.15) is 32.0 Å². The number of alkyl halides is 3. The van der Waals surface area contributed by atoms with Gasteiger partial charge >= 0.3 is 6.18 Å². The van der Waals surface area contributed by atoms with Crippen LogP contribution in [0.2, 0.25) is 0 Å². The number of methoxy groups -OCH3 is 1. The predicted octanol–water partition coefficient (Wildman–Crippen LogP) is 4.23. The molecule has 0 unspecified atom stereocenters. The zero-order chi connectivity index (χ0) is 25.2. The first-order valence-corrected chi connectivity index (χ1v) is 9.29. The molecule has 34 heavy (non-hydrogen) atoms. The van der Waals surface area contributed by atoms with Crippen molar-refractivity contribution in [1.29, 1.82) is 0 Å². The van der Waals surface area contributed by atoms with Gasteiger partial charge in [0.15, 0.2) is 17.3 Å². The molecule has 0 fully saturated rings. The summed E-state index contributed by atoms with van der Waals surface area (Å²) < 4.78 is 77.8. The number of nitrogens with one attached hydrogen (secondary N) is 1. The van der Waals surface area contributed by atoms with Gasteiger partial charge in [-0.3, -0.25) is 9.59 Å². The van der Waals surface area contributed by atoms with Gasteiger partial charge in [0.25, 0.3) is 11.8 Å². The number of anilines is 1. The van der Waals surface area contributed by atoms with Crippen molar-refractivity contribution in [3.05, 3.63) is 70.4 Å². The highest BCUT2D eigenvalue weighted by Crippen LogP contribution is 2.38. The molecular weight excluding hydrogens is 467 g/mol. The van der Waals surface area contributed by atoms with Crippen molar-refractivity contribution in [2.24, 2.45) is 5.73 Å². The Morgan fingerprint density at radius 1 is 1.09 bits per heavy atom. The van der Waals surface area contributed by atoms with Crippen molar-refractivity contribution in [2.45, 2.75) is 13.1 Å². The van der Waals surface area contributed by atoms with Gasteiger partial charge in [-0.15, -0.1) is 10.2 Å². The minimum atomic E-state index is -4.96. The largest absolute Gasteiger partial charge is 0.490 e. The fraction of sp³-hybridized carbons (Fsp3) is 0.143. The maximum absolute atomic E-state index is 14.0. The van der Waals surface area contributed by atoms with Gasteiger partial charge in [0.05, 0.1) is 7.11 Å². The smallest absolute Gasteiger partial charge is 0.435 e. The topological polar surface area (TPSA) is 116 Å². The minimum Gasteiger partial charge on any atom is -0.490 e. The van der Waals surface area contributed by atoms with E-state index in [9.17, 15) is 31.5 Å². The molecule has 8 nitrogen and oxygen atoms in total. The van der Waals surface area contributed by atoms with Crippen molar-refractivity contribution in [1.82, 2.24) is 10.2 Å². The maximum atomic E-state index is 14.0. The molecule has 0 aliphatic carbocycles. The summed E-state index contributed by atoms with van der Waals surface area (Å²) in [5.41, 5.74) is 2.44. The number of aromatic nitrogens is 2. The molecule has 0 aliphatic rings. The predicted molar refractivity (Wildman–Crippen MR) is 108 cm³/mol. The molecule has 178 valence electrons. The summed E-state index contributed by atoms with van der Waals surface area (Å²) in [5, 5.41) is 8.74. The van der Waals surface area contributed by atoms with Gasteiger partial charge in [-0.1, -0.05) is 6.07 Å². The molecule has 0 atom stereocenters. The quantitative estimate of drug-likeness (QED) is 0.508. The average Bonchev–Trinajstić information content (AvgIpc) is 2.76. The molecule has 0 bridgehead atoms. The van der Waals surface area contributed by atoms with Crippen LogP contribution in [0.15, 0.2) is 36.4 Å². The van der Waals surface area contributed by atoms with E-state index in [0.717, 1.165) is 20.1 Å². The number of primary amides is 1. The van der Waals surface area contributed by atoms with E-state index in [1.165, 1.54) is 24.3 Å². The number of nitrogens with two attached hydrogens (primary N) is 1. The Balaban J connectivity index is 2.11. The second-order valence-electron chi connectivity index (χ2n) is 6.75. The molecular formula is C21H15F5N4O4. The highest BCUT2D eigenvalue weighted by Gasteiger charge is 2.38. The molecule has 1 aromatic heterocycles. The van der Waals surface area contributed by atoms with E-state index in [0.29, 0.717) is 6.07 Å². The lowest BCUT2D eigenvalue weighted by molar-refractivity contribution is -0.142. The number of hydrogen-bond donors (Lipinski definition) is 2. The minimum absolute atomic E-state index is 0.0290. The van der Waals surface area contributed by atoms with Crippen LogP contribution < -0.4 is 20.5 Å². The first-order chi connectivity index (χ1) is 15.9. The average molecular weight is 482 g/mol. The molecule has 0 aliphatic heterocycles.